The number of imidazole rings is 1. The fraction of sp³-hybridized carbons (Fsp3) is 0.278. The smallest absolute Gasteiger partial charge is 0.235 e. The zero-order chi connectivity index (χ0) is 16.0. The molecule has 0 aliphatic carbocycles. The lowest BCUT2D eigenvalue weighted by molar-refractivity contribution is -0.121. The number of H-pyrrole nitrogens is 1. The molecule has 3 aromatic rings. The van der Waals surface area contributed by atoms with Crippen LogP contribution in [0.1, 0.15) is 32.3 Å². The van der Waals surface area contributed by atoms with E-state index in [1.807, 2.05) is 18.2 Å². The first-order valence-corrected chi connectivity index (χ1v) is 7.94. The molecule has 4 rings (SSSR count). The van der Waals surface area contributed by atoms with Gasteiger partial charge in [0.1, 0.15) is 5.82 Å². The fourth-order valence-electron chi connectivity index (χ4n) is 3.51. The van der Waals surface area contributed by atoms with Crippen molar-refractivity contribution in [1.29, 1.82) is 0 Å². The maximum Gasteiger partial charge on any atom is 0.235 e. The number of hydrogen-bond donors (Lipinski definition) is 2. The molecule has 5 nitrogen and oxygen atoms in total. The Hall–Kier alpha value is -2.69. The van der Waals surface area contributed by atoms with Crippen LogP contribution in [-0.4, -0.2) is 20.9 Å². The summed E-state index contributed by atoms with van der Waals surface area (Å²) in [4.78, 5) is 24.6. The maximum atomic E-state index is 12.5. The molecule has 5 heteroatoms. The SMILES string of the molecule is CCC1(CC)C(=O)Nc2cc3nc(-c4cccnc4)[nH]c3cc21. The van der Waals surface area contributed by atoms with Crippen LogP contribution in [0.2, 0.25) is 0 Å². The molecule has 23 heavy (non-hydrogen) atoms. The second kappa shape index (κ2) is 4.91. The van der Waals surface area contributed by atoms with Crippen molar-refractivity contribution in [2.75, 3.05) is 5.32 Å². The van der Waals surface area contributed by atoms with Gasteiger partial charge in [0.2, 0.25) is 5.91 Å². The number of carbonyl (C=O) groups excluding carboxylic acids is 1. The average Bonchev–Trinajstić information content (AvgIpc) is 3.11. The summed E-state index contributed by atoms with van der Waals surface area (Å²) >= 11 is 0. The van der Waals surface area contributed by atoms with Crippen LogP contribution >= 0.6 is 0 Å². The molecular formula is C18H18N4O. The summed E-state index contributed by atoms with van der Waals surface area (Å²) in [7, 11) is 0. The van der Waals surface area contributed by atoms with Gasteiger partial charge >= 0.3 is 0 Å². The van der Waals surface area contributed by atoms with Gasteiger partial charge in [0, 0.05) is 23.6 Å². The number of anilines is 1. The number of carbonyl (C=O) groups is 1. The molecule has 1 aliphatic heterocycles. The average molecular weight is 306 g/mol. The van der Waals surface area contributed by atoms with E-state index in [-0.39, 0.29) is 5.91 Å². The first-order chi connectivity index (χ1) is 11.2. The molecule has 3 heterocycles. The van der Waals surface area contributed by atoms with Gasteiger partial charge in [-0.15, -0.1) is 0 Å². The minimum absolute atomic E-state index is 0.0950. The van der Waals surface area contributed by atoms with Crippen LogP contribution in [-0.2, 0) is 10.2 Å². The van der Waals surface area contributed by atoms with Crippen molar-refractivity contribution < 1.29 is 4.79 Å². The molecule has 0 unspecified atom stereocenters. The predicted octanol–water partition coefficient (Wildman–Crippen LogP) is 3.63. The number of aromatic nitrogens is 3. The molecule has 0 radical (unpaired) electrons. The van der Waals surface area contributed by atoms with E-state index in [1.165, 1.54) is 0 Å². The number of fused-ring (bicyclic) bond motifs is 2. The number of nitrogens with one attached hydrogen (secondary N) is 2. The molecule has 1 aromatic carbocycles. The second-order valence-corrected chi connectivity index (χ2v) is 5.99. The molecule has 0 spiro atoms. The highest BCUT2D eigenvalue weighted by Crippen LogP contribution is 2.44. The van der Waals surface area contributed by atoms with Gasteiger partial charge in [0.25, 0.3) is 0 Å². The first-order valence-electron chi connectivity index (χ1n) is 7.94. The van der Waals surface area contributed by atoms with Crippen LogP contribution in [0, 0.1) is 0 Å². The Morgan fingerprint density at radius 2 is 2.04 bits per heavy atom. The van der Waals surface area contributed by atoms with Crippen molar-refractivity contribution in [1.82, 2.24) is 15.0 Å². The predicted molar refractivity (Wildman–Crippen MR) is 90.2 cm³/mol. The Kier molecular flexibility index (Phi) is 2.98. The lowest BCUT2D eigenvalue weighted by Gasteiger charge is -2.23. The summed E-state index contributed by atoms with van der Waals surface area (Å²) in [5.74, 6) is 0.888. The largest absolute Gasteiger partial charge is 0.338 e. The lowest BCUT2D eigenvalue weighted by Crippen LogP contribution is -2.32. The van der Waals surface area contributed by atoms with Crippen LogP contribution in [0.5, 0.6) is 0 Å². The van der Waals surface area contributed by atoms with E-state index in [0.717, 1.165) is 46.5 Å². The molecule has 2 N–H and O–H groups in total. The van der Waals surface area contributed by atoms with E-state index >= 15 is 0 Å². The van der Waals surface area contributed by atoms with E-state index in [9.17, 15) is 4.79 Å². The van der Waals surface area contributed by atoms with E-state index < -0.39 is 5.41 Å². The van der Waals surface area contributed by atoms with Gasteiger partial charge in [0.05, 0.1) is 16.4 Å². The standard InChI is InChI=1S/C18H18N4O/c1-3-18(4-2)12-8-14-15(9-13(12)22-17(18)23)21-16(20-14)11-6-5-7-19-10-11/h5-10H,3-4H2,1-2H3,(H,20,21)(H,22,23). The van der Waals surface area contributed by atoms with Crippen molar-refractivity contribution >= 4 is 22.6 Å². The normalized spacial score (nSPS) is 15.7. The topological polar surface area (TPSA) is 70.7 Å². The Balaban J connectivity index is 1.89. The van der Waals surface area contributed by atoms with E-state index in [4.69, 9.17) is 0 Å². The van der Waals surface area contributed by atoms with Crippen molar-refractivity contribution in [2.24, 2.45) is 0 Å². The van der Waals surface area contributed by atoms with E-state index in [0.29, 0.717) is 0 Å². The lowest BCUT2D eigenvalue weighted by atomic mass is 9.77. The summed E-state index contributed by atoms with van der Waals surface area (Å²) in [6, 6.07) is 7.90. The minimum Gasteiger partial charge on any atom is -0.338 e. The maximum absolute atomic E-state index is 12.5. The summed E-state index contributed by atoms with van der Waals surface area (Å²) in [6.07, 6.45) is 5.11. The highest BCUT2D eigenvalue weighted by molar-refractivity contribution is 6.08. The van der Waals surface area contributed by atoms with Crippen molar-refractivity contribution in [2.45, 2.75) is 32.1 Å². The number of hydrogen-bond acceptors (Lipinski definition) is 3. The monoisotopic (exact) mass is 306 g/mol. The number of nitrogens with zero attached hydrogens (tertiary/aromatic N) is 2. The Labute approximate surface area is 134 Å². The molecular weight excluding hydrogens is 288 g/mol. The molecule has 0 saturated heterocycles. The van der Waals surface area contributed by atoms with Crippen LogP contribution in [0.25, 0.3) is 22.4 Å². The minimum atomic E-state index is -0.427. The third-order valence-corrected chi connectivity index (χ3v) is 4.96. The molecule has 116 valence electrons. The van der Waals surface area contributed by atoms with Gasteiger partial charge in [-0.25, -0.2) is 4.98 Å². The van der Waals surface area contributed by atoms with Crippen LogP contribution in [0.3, 0.4) is 0 Å². The van der Waals surface area contributed by atoms with Crippen molar-refractivity contribution in [3.63, 3.8) is 0 Å². The second-order valence-electron chi connectivity index (χ2n) is 5.99. The molecule has 2 aromatic heterocycles. The van der Waals surface area contributed by atoms with Gasteiger partial charge in [-0.1, -0.05) is 13.8 Å². The van der Waals surface area contributed by atoms with Gasteiger partial charge in [-0.2, -0.15) is 0 Å². The van der Waals surface area contributed by atoms with Gasteiger partial charge < -0.3 is 10.3 Å². The van der Waals surface area contributed by atoms with Gasteiger partial charge in [-0.05, 0) is 42.7 Å². The third-order valence-electron chi connectivity index (χ3n) is 4.96. The highest BCUT2D eigenvalue weighted by atomic mass is 16.2. The molecule has 0 fully saturated rings. The van der Waals surface area contributed by atoms with Gasteiger partial charge in [-0.3, -0.25) is 9.78 Å². The highest BCUT2D eigenvalue weighted by Gasteiger charge is 2.44. The quantitative estimate of drug-likeness (QED) is 0.776. The number of pyridine rings is 1. The number of rotatable bonds is 3. The Morgan fingerprint density at radius 1 is 1.22 bits per heavy atom. The van der Waals surface area contributed by atoms with E-state index in [2.05, 4.69) is 40.2 Å². The van der Waals surface area contributed by atoms with Crippen molar-refractivity contribution in [3.05, 3.63) is 42.2 Å². The molecule has 0 atom stereocenters. The summed E-state index contributed by atoms with van der Waals surface area (Å²) in [6.45, 7) is 4.13. The van der Waals surface area contributed by atoms with E-state index in [1.54, 1.807) is 12.4 Å². The van der Waals surface area contributed by atoms with Crippen LogP contribution in [0.15, 0.2) is 36.7 Å². The molecule has 0 bridgehead atoms. The van der Waals surface area contributed by atoms with Crippen molar-refractivity contribution in [3.8, 4) is 11.4 Å². The Bertz CT molecular complexity index is 894. The Morgan fingerprint density at radius 3 is 2.74 bits per heavy atom. The van der Waals surface area contributed by atoms with Crippen LogP contribution < -0.4 is 5.32 Å². The number of aromatic amines is 1. The summed E-state index contributed by atoms with van der Waals surface area (Å²) in [5, 5.41) is 3.03. The molecule has 1 amide bonds. The zero-order valence-corrected chi connectivity index (χ0v) is 13.2. The first kappa shape index (κ1) is 13.9. The number of benzene rings is 1. The summed E-state index contributed by atoms with van der Waals surface area (Å²) in [5.41, 5.74) is 4.28. The fourth-order valence-corrected chi connectivity index (χ4v) is 3.51. The van der Waals surface area contributed by atoms with Crippen LogP contribution in [0.4, 0.5) is 5.69 Å². The molecule has 0 saturated carbocycles. The summed E-state index contributed by atoms with van der Waals surface area (Å²) < 4.78 is 0. The third kappa shape index (κ3) is 1.89. The van der Waals surface area contributed by atoms with Gasteiger partial charge in [0.15, 0.2) is 0 Å². The number of amides is 1. The zero-order valence-electron chi connectivity index (χ0n) is 13.2. The molecule has 1 aliphatic rings.